The Bertz CT molecular complexity index is 596. The highest BCUT2D eigenvalue weighted by molar-refractivity contribution is 5.88. The lowest BCUT2D eigenvalue weighted by molar-refractivity contribution is -0.131. The Morgan fingerprint density at radius 1 is 1.15 bits per heavy atom. The summed E-state index contributed by atoms with van der Waals surface area (Å²) >= 11 is 0. The van der Waals surface area contributed by atoms with Gasteiger partial charge in [0.1, 0.15) is 5.78 Å². The van der Waals surface area contributed by atoms with E-state index >= 15 is 0 Å². The molecule has 2 saturated carbocycles. The second kappa shape index (κ2) is 9.02. The van der Waals surface area contributed by atoms with Crippen LogP contribution in [0.15, 0.2) is 23.3 Å². The summed E-state index contributed by atoms with van der Waals surface area (Å²) in [6.07, 6.45) is 10.6. The monoisotopic (exact) mass is 377 g/mol. The average Bonchev–Trinajstić information content (AvgIpc) is 2.87. The Morgan fingerprint density at radius 3 is 2.48 bits per heavy atom. The van der Waals surface area contributed by atoms with E-state index < -0.39 is 5.60 Å². The van der Waals surface area contributed by atoms with Crippen molar-refractivity contribution in [1.82, 2.24) is 5.32 Å². The third-order valence-corrected chi connectivity index (χ3v) is 6.95. The Labute approximate surface area is 165 Å². The van der Waals surface area contributed by atoms with E-state index in [1.54, 1.807) is 0 Å². The van der Waals surface area contributed by atoms with E-state index in [0.29, 0.717) is 18.1 Å². The van der Waals surface area contributed by atoms with E-state index in [2.05, 4.69) is 17.5 Å². The first-order chi connectivity index (χ1) is 12.8. The highest BCUT2D eigenvalue weighted by Crippen LogP contribution is 2.57. The lowest BCUT2D eigenvalue weighted by Gasteiger charge is -2.46. The third kappa shape index (κ3) is 4.08. The lowest BCUT2D eigenvalue weighted by Crippen LogP contribution is -2.49. The quantitative estimate of drug-likeness (QED) is 0.601. The molecule has 4 aliphatic rings. The largest absolute Gasteiger partial charge is 0.393 e. The van der Waals surface area contributed by atoms with Crippen LogP contribution in [0.1, 0.15) is 72.1 Å². The second-order valence-electron chi connectivity index (χ2n) is 8.61. The van der Waals surface area contributed by atoms with Gasteiger partial charge in [-0.15, -0.1) is 0 Å². The van der Waals surface area contributed by atoms with Crippen molar-refractivity contribution in [1.29, 1.82) is 0 Å². The summed E-state index contributed by atoms with van der Waals surface area (Å²) in [7, 11) is 3.75. The fourth-order valence-electron chi connectivity index (χ4n) is 5.52. The van der Waals surface area contributed by atoms with Crippen molar-refractivity contribution in [2.75, 3.05) is 14.1 Å². The molecular weight excluding hydrogens is 338 g/mol. The molecule has 0 radical (unpaired) electrons. The molecule has 0 heterocycles. The van der Waals surface area contributed by atoms with E-state index in [1.807, 2.05) is 34.9 Å². The smallest absolute Gasteiger partial charge is 0.139 e. The summed E-state index contributed by atoms with van der Waals surface area (Å²) < 4.78 is 0. The molecule has 0 aliphatic heterocycles. The number of rotatable bonds is 0. The van der Waals surface area contributed by atoms with Crippen LogP contribution in [0.3, 0.4) is 0 Å². The summed E-state index contributed by atoms with van der Waals surface area (Å²) in [5, 5.41) is 24.2. The van der Waals surface area contributed by atoms with Crippen molar-refractivity contribution < 1.29 is 15.0 Å². The molecule has 4 aliphatic carbocycles. The first-order valence-electron chi connectivity index (χ1n) is 10.8. The summed E-state index contributed by atoms with van der Waals surface area (Å²) in [6, 6.07) is 0. The van der Waals surface area contributed by atoms with Crippen molar-refractivity contribution in [2.24, 2.45) is 17.3 Å². The molecule has 27 heavy (non-hydrogen) atoms. The van der Waals surface area contributed by atoms with Crippen molar-refractivity contribution in [3.8, 4) is 0 Å². The van der Waals surface area contributed by atoms with E-state index in [1.165, 1.54) is 5.57 Å². The normalized spacial score (nSPS) is 39.8. The number of nitrogens with one attached hydrogen (secondary N) is 1. The molecule has 5 atom stereocenters. The van der Waals surface area contributed by atoms with Crippen LogP contribution in [0.25, 0.3) is 0 Å². The minimum absolute atomic E-state index is 0.0643. The number of fused-ring (bicyclic) bond motifs is 4. The zero-order valence-corrected chi connectivity index (χ0v) is 17.8. The van der Waals surface area contributed by atoms with Gasteiger partial charge in [-0.1, -0.05) is 38.5 Å². The number of carbonyl (C=O) groups is 1. The van der Waals surface area contributed by atoms with Gasteiger partial charge in [0.05, 0.1) is 11.7 Å². The minimum atomic E-state index is -0.839. The molecule has 4 heteroatoms. The van der Waals surface area contributed by atoms with E-state index in [9.17, 15) is 15.0 Å². The molecule has 4 rings (SSSR count). The zero-order valence-electron chi connectivity index (χ0n) is 17.8. The van der Waals surface area contributed by atoms with Gasteiger partial charge in [0.2, 0.25) is 0 Å². The van der Waals surface area contributed by atoms with Crippen LogP contribution >= 0.6 is 0 Å². The van der Waals surface area contributed by atoms with Gasteiger partial charge in [-0.25, -0.2) is 0 Å². The van der Waals surface area contributed by atoms with Crippen LogP contribution in [0.5, 0.6) is 0 Å². The number of Topliss-reactive ketones (excluding diaryl/α,β-unsaturated/α-hetero) is 1. The van der Waals surface area contributed by atoms with Crippen LogP contribution in [0.2, 0.25) is 0 Å². The predicted molar refractivity (Wildman–Crippen MR) is 110 cm³/mol. The summed E-state index contributed by atoms with van der Waals surface area (Å²) in [5.41, 5.74) is 1.13. The number of aliphatic hydroxyl groups excluding tert-OH is 1. The van der Waals surface area contributed by atoms with Crippen molar-refractivity contribution in [2.45, 2.75) is 83.8 Å². The number of hydrogen-bond donors (Lipinski definition) is 3. The molecule has 0 amide bonds. The number of ketones is 1. The Kier molecular flexibility index (Phi) is 7.46. The molecule has 0 spiro atoms. The van der Waals surface area contributed by atoms with Crippen molar-refractivity contribution >= 4 is 5.78 Å². The first-order valence-corrected chi connectivity index (χ1v) is 10.8. The van der Waals surface area contributed by atoms with Gasteiger partial charge in [-0.05, 0) is 70.5 Å². The second-order valence-corrected chi connectivity index (χ2v) is 8.61. The maximum Gasteiger partial charge on any atom is 0.139 e. The average molecular weight is 378 g/mol. The number of aliphatic hydroxyl groups is 2. The molecule has 3 N–H and O–H groups in total. The van der Waals surface area contributed by atoms with E-state index in [-0.39, 0.29) is 17.4 Å². The topological polar surface area (TPSA) is 69.6 Å². The predicted octanol–water partition coefficient (Wildman–Crippen LogP) is 3.78. The summed E-state index contributed by atoms with van der Waals surface area (Å²) in [5.74, 6) is 0.891. The molecule has 0 aromatic heterocycles. The minimum Gasteiger partial charge on any atom is -0.393 e. The highest BCUT2D eigenvalue weighted by Gasteiger charge is 2.58. The molecule has 154 valence electrons. The van der Waals surface area contributed by atoms with Crippen LogP contribution in [0, 0.1) is 17.3 Å². The molecule has 0 aromatic rings. The van der Waals surface area contributed by atoms with Gasteiger partial charge < -0.3 is 15.5 Å². The highest BCUT2D eigenvalue weighted by atomic mass is 16.3. The van der Waals surface area contributed by atoms with E-state index in [0.717, 1.165) is 50.5 Å². The van der Waals surface area contributed by atoms with Crippen LogP contribution in [-0.2, 0) is 4.79 Å². The van der Waals surface area contributed by atoms with Crippen LogP contribution in [0.4, 0.5) is 0 Å². The van der Waals surface area contributed by atoms with Crippen LogP contribution < -0.4 is 5.32 Å². The number of allylic oxidation sites excluding steroid dienone is 1. The van der Waals surface area contributed by atoms with Gasteiger partial charge in [0.15, 0.2) is 0 Å². The molecule has 0 saturated heterocycles. The van der Waals surface area contributed by atoms with E-state index in [4.69, 9.17) is 0 Å². The molecule has 2 fully saturated rings. The van der Waals surface area contributed by atoms with Crippen LogP contribution in [-0.4, -0.2) is 41.8 Å². The SMILES string of the molecule is CC.CC12CC=C3C=C4CC(O)CCC4CC[C@]3(O)C1CCC2=O.CNC. The molecule has 0 bridgehead atoms. The van der Waals surface area contributed by atoms with Crippen molar-refractivity contribution in [3.05, 3.63) is 23.3 Å². The first kappa shape index (κ1) is 22.3. The maximum atomic E-state index is 12.3. The summed E-state index contributed by atoms with van der Waals surface area (Å²) in [4.78, 5) is 12.3. The van der Waals surface area contributed by atoms with Gasteiger partial charge in [-0.2, -0.15) is 0 Å². The lowest BCUT2D eigenvalue weighted by atomic mass is 9.61. The molecule has 4 nitrogen and oxygen atoms in total. The third-order valence-electron chi connectivity index (χ3n) is 6.95. The van der Waals surface area contributed by atoms with Gasteiger partial charge >= 0.3 is 0 Å². The van der Waals surface area contributed by atoms with Gasteiger partial charge in [0.25, 0.3) is 0 Å². The molecule has 0 aromatic carbocycles. The number of carbonyl (C=O) groups excluding carboxylic acids is 1. The molecular formula is C23H39NO3. The Balaban J connectivity index is 0.000000478. The number of hydrogen-bond acceptors (Lipinski definition) is 4. The zero-order chi connectivity index (χ0) is 20.2. The van der Waals surface area contributed by atoms with Gasteiger partial charge in [0, 0.05) is 17.8 Å². The summed E-state index contributed by atoms with van der Waals surface area (Å²) in [6.45, 7) is 6.05. The fraction of sp³-hybridized carbons (Fsp3) is 0.783. The molecule has 4 unspecified atom stereocenters. The maximum absolute atomic E-state index is 12.3. The van der Waals surface area contributed by atoms with Gasteiger partial charge in [-0.3, -0.25) is 4.79 Å². The fourth-order valence-corrected chi connectivity index (χ4v) is 5.52. The Morgan fingerprint density at radius 2 is 1.81 bits per heavy atom. The standard InChI is InChI=1S/C19H26O3.C2H7N.C2H6/c1-18-8-7-14-10-13-11-15(20)3-2-12(13)6-9-19(14,22)16(18)4-5-17(18)21;1-3-2;1-2/h7,10,12,15-16,20,22H,2-6,8-9,11H2,1H3;3H,1-2H3;1-2H3/t12?,15?,16?,18?,19-;;/m1../s1. The van der Waals surface area contributed by atoms with Crippen molar-refractivity contribution in [3.63, 3.8) is 0 Å². The Hall–Kier alpha value is -0.970.